The smallest absolute Gasteiger partial charge is 0.348 e. The van der Waals surface area contributed by atoms with E-state index in [0.29, 0.717) is 37.1 Å². The number of aromatic nitrogens is 1. The number of carbonyl (C=O) groups excluding carboxylic acids is 2. The Morgan fingerprint density at radius 1 is 1.10 bits per heavy atom. The van der Waals surface area contributed by atoms with Crippen LogP contribution in [0, 0.1) is 11.1 Å². The molecule has 50 heavy (non-hydrogen) atoms. The van der Waals surface area contributed by atoms with E-state index in [2.05, 4.69) is 17.3 Å². The van der Waals surface area contributed by atoms with Crippen molar-refractivity contribution in [2.24, 2.45) is 5.92 Å². The van der Waals surface area contributed by atoms with Crippen LogP contribution in [0.15, 0.2) is 60.2 Å². The Balaban J connectivity index is 1.26. The Bertz CT molecular complexity index is 1740. The largest absolute Gasteiger partial charge is 0.619 e. The monoisotopic (exact) mass is 763 g/mol. The van der Waals surface area contributed by atoms with E-state index in [0.717, 1.165) is 30.8 Å². The zero-order valence-corrected chi connectivity index (χ0v) is 31.0. The van der Waals surface area contributed by atoms with Crippen LogP contribution in [0.4, 0.5) is 0 Å². The molecule has 2 atom stereocenters. The number of ether oxygens (including phenoxy) is 4. The van der Waals surface area contributed by atoms with Gasteiger partial charge in [-0.2, -0.15) is 4.73 Å². The highest BCUT2D eigenvalue weighted by atomic mass is 35.5. The molecule has 1 fully saturated rings. The minimum atomic E-state index is -1.86. The molecule has 0 amide bonds. The third-order valence-corrected chi connectivity index (χ3v) is 11.3. The molecule has 1 aliphatic heterocycles. The van der Waals surface area contributed by atoms with E-state index in [9.17, 15) is 19.9 Å². The molecule has 0 radical (unpaired) electrons. The van der Waals surface area contributed by atoms with E-state index in [1.54, 1.807) is 47.8 Å². The molecule has 268 valence electrons. The van der Waals surface area contributed by atoms with Gasteiger partial charge in [-0.3, -0.25) is 0 Å². The number of methoxy groups -OCH3 is 2. The molecule has 0 bridgehead atoms. The van der Waals surface area contributed by atoms with Crippen molar-refractivity contribution < 1.29 is 38.4 Å². The lowest BCUT2D eigenvalue weighted by Crippen LogP contribution is -2.46. The van der Waals surface area contributed by atoms with Crippen LogP contribution in [-0.2, 0) is 32.8 Å². The fourth-order valence-corrected chi connectivity index (χ4v) is 7.91. The highest BCUT2D eigenvalue weighted by Crippen LogP contribution is 2.36. The van der Waals surface area contributed by atoms with E-state index < -0.39 is 23.6 Å². The second-order valence-corrected chi connectivity index (χ2v) is 15.0. The average molecular weight is 765 g/mol. The Hall–Kier alpha value is -3.43. The molecule has 0 saturated carbocycles. The van der Waals surface area contributed by atoms with Gasteiger partial charge in [0.2, 0.25) is 5.60 Å². The van der Waals surface area contributed by atoms with Gasteiger partial charge in [0.25, 0.3) is 0 Å². The molecular formula is C35H39Cl2N3O8S2. The van der Waals surface area contributed by atoms with E-state index >= 15 is 0 Å². The fraction of sp³-hybridized carbons (Fsp3) is 0.400. The van der Waals surface area contributed by atoms with E-state index in [4.69, 9.17) is 42.1 Å². The van der Waals surface area contributed by atoms with Gasteiger partial charge in [-0.15, -0.1) is 22.7 Å². The number of halogens is 2. The number of piperidine rings is 1. The molecule has 11 nitrogen and oxygen atoms in total. The summed E-state index contributed by atoms with van der Waals surface area (Å²) in [6, 6.07) is 12.1. The van der Waals surface area contributed by atoms with Gasteiger partial charge in [0, 0.05) is 34.8 Å². The predicted octanol–water partition coefficient (Wildman–Crippen LogP) is 5.77. The van der Waals surface area contributed by atoms with Crippen LogP contribution >= 0.6 is 45.9 Å². The zero-order valence-electron chi connectivity index (χ0n) is 27.9. The number of esters is 2. The van der Waals surface area contributed by atoms with Crippen molar-refractivity contribution in [3.63, 3.8) is 0 Å². The summed E-state index contributed by atoms with van der Waals surface area (Å²) in [5, 5.41) is 28.7. The topological polar surface area (TPSA) is 134 Å². The molecule has 2 N–H and O–H groups in total. The Morgan fingerprint density at radius 2 is 1.82 bits per heavy atom. The number of nitrogens with one attached hydrogen (secondary N) is 1. The van der Waals surface area contributed by atoms with Crippen molar-refractivity contribution in [3.05, 3.63) is 101 Å². The minimum absolute atomic E-state index is 0.0781. The number of nitrogens with zero attached hydrogens (tertiary/aromatic N) is 2. The molecule has 1 unspecified atom stereocenters. The number of pyridine rings is 1. The van der Waals surface area contributed by atoms with Crippen LogP contribution in [0.1, 0.15) is 49.5 Å². The van der Waals surface area contributed by atoms with Gasteiger partial charge in [0.1, 0.15) is 21.0 Å². The van der Waals surface area contributed by atoms with Crippen molar-refractivity contribution in [1.82, 2.24) is 10.2 Å². The normalized spacial score (nSPS) is 15.6. The molecule has 15 heteroatoms. The van der Waals surface area contributed by atoms with Crippen LogP contribution in [0.5, 0.6) is 11.5 Å². The summed E-state index contributed by atoms with van der Waals surface area (Å²) in [7, 11) is 5.10. The lowest BCUT2D eigenvalue weighted by molar-refractivity contribution is -0.605. The standard InChI is InChI=1S/C35H39Cl2N3O8S2/c1-39-12-10-22(11-13-39)20-47-34(42)35(43,32-5-4-14-49-32)21-38-17-24-7-9-31(50-24)33(41)48-29(16-25-26(36)18-40(44)19-27(25)37)23-6-8-28(45-2)30(15-23)46-3/h4-9,14-15,18-19,22,29,38,43H,10-13,16-17,20-21H2,1-3H3/t29-,35?/m0/s1. The maximum atomic E-state index is 13.5. The zero-order chi connectivity index (χ0) is 35.8. The lowest BCUT2D eigenvalue weighted by atomic mass is 9.98. The lowest BCUT2D eigenvalue weighted by Gasteiger charge is -2.30. The van der Waals surface area contributed by atoms with Crippen molar-refractivity contribution in [2.45, 2.75) is 37.5 Å². The van der Waals surface area contributed by atoms with Crippen LogP contribution in [0.2, 0.25) is 10.0 Å². The molecule has 1 aromatic carbocycles. The number of rotatable bonds is 15. The summed E-state index contributed by atoms with van der Waals surface area (Å²) in [5.74, 6) is -0.0807. The van der Waals surface area contributed by atoms with Gasteiger partial charge in [-0.05, 0) is 80.2 Å². The fourth-order valence-electron chi connectivity index (χ4n) is 5.64. The van der Waals surface area contributed by atoms with Gasteiger partial charge in [-0.1, -0.05) is 35.3 Å². The molecule has 4 aromatic rings. The number of benzene rings is 1. The Morgan fingerprint density at radius 3 is 2.48 bits per heavy atom. The van der Waals surface area contributed by atoms with Crippen molar-refractivity contribution in [2.75, 3.05) is 47.5 Å². The van der Waals surface area contributed by atoms with Crippen molar-refractivity contribution >= 4 is 57.8 Å². The molecule has 5 rings (SSSR count). The van der Waals surface area contributed by atoms with Gasteiger partial charge in [0.05, 0.1) is 20.8 Å². The molecule has 3 aromatic heterocycles. The van der Waals surface area contributed by atoms with E-state index in [-0.39, 0.29) is 42.1 Å². The summed E-state index contributed by atoms with van der Waals surface area (Å²) < 4.78 is 23.0. The molecule has 1 saturated heterocycles. The minimum Gasteiger partial charge on any atom is -0.619 e. The first kappa shape index (κ1) is 37.8. The summed E-state index contributed by atoms with van der Waals surface area (Å²) >= 11 is 15.2. The molecule has 1 aliphatic rings. The SMILES string of the molecule is COc1ccc([C@H](Cc2c(Cl)c[n+]([O-])cc2Cl)OC(=O)c2ccc(CNCC(O)(C(=O)OCC3CCN(C)CC3)c3cccs3)s2)cc1OC. The highest BCUT2D eigenvalue weighted by Gasteiger charge is 2.41. The first-order chi connectivity index (χ1) is 24.0. The van der Waals surface area contributed by atoms with Crippen molar-refractivity contribution in [1.29, 1.82) is 0 Å². The summed E-state index contributed by atoms with van der Waals surface area (Å²) in [6.07, 6.45) is 3.46. The number of carbonyl (C=O) groups is 2. The summed E-state index contributed by atoms with van der Waals surface area (Å²) in [5.41, 5.74) is -0.834. The van der Waals surface area contributed by atoms with Crippen LogP contribution in [-0.4, -0.2) is 69.5 Å². The summed E-state index contributed by atoms with van der Waals surface area (Å²) in [6.45, 7) is 2.36. The molecule has 4 heterocycles. The maximum Gasteiger partial charge on any atom is 0.348 e. The first-order valence-electron chi connectivity index (χ1n) is 15.9. The van der Waals surface area contributed by atoms with Crippen LogP contribution in [0.25, 0.3) is 0 Å². The Labute approximate surface area is 308 Å². The van der Waals surface area contributed by atoms with E-state index in [1.165, 1.54) is 49.3 Å². The summed E-state index contributed by atoms with van der Waals surface area (Å²) in [4.78, 5) is 30.6. The Kier molecular flexibility index (Phi) is 13.0. The predicted molar refractivity (Wildman–Crippen MR) is 192 cm³/mol. The average Bonchev–Trinajstić information content (AvgIpc) is 3.82. The molecule has 0 spiro atoms. The second-order valence-electron chi connectivity index (χ2n) is 12.1. The number of likely N-dealkylation sites (tertiary alicyclic amines) is 1. The quantitative estimate of drug-likeness (QED) is 0.0874. The number of thiophene rings is 2. The van der Waals surface area contributed by atoms with Gasteiger partial charge in [0.15, 0.2) is 23.9 Å². The van der Waals surface area contributed by atoms with Crippen LogP contribution < -0.4 is 19.5 Å². The van der Waals surface area contributed by atoms with Gasteiger partial charge >= 0.3 is 11.9 Å². The van der Waals surface area contributed by atoms with Crippen LogP contribution in [0.3, 0.4) is 0 Å². The maximum absolute atomic E-state index is 13.5. The van der Waals surface area contributed by atoms with Gasteiger partial charge in [-0.25, -0.2) is 9.59 Å². The highest BCUT2D eigenvalue weighted by molar-refractivity contribution is 7.13. The number of hydrogen-bond acceptors (Lipinski definition) is 12. The van der Waals surface area contributed by atoms with Crippen molar-refractivity contribution in [3.8, 4) is 11.5 Å². The second kappa shape index (κ2) is 17.2. The third-order valence-electron chi connectivity index (χ3n) is 8.57. The molecular weight excluding hydrogens is 725 g/mol. The molecule has 0 aliphatic carbocycles. The third kappa shape index (κ3) is 9.26. The number of aliphatic hydroxyl groups is 1. The number of hydrogen-bond donors (Lipinski definition) is 2. The van der Waals surface area contributed by atoms with E-state index in [1.807, 2.05) is 0 Å². The van der Waals surface area contributed by atoms with Gasteiger partial charge < -0.3 is 39.5 Å². The first-order valence-corrected chi connectivity index (χ1v) is 18.4.